The van der Waals surface area contributed by atoms with Crippen molar-refractivity contribution >= 4 is 10.9 Å². The van der Waals surface area contributed by atoms with E-state index in [1.54, 1.807) is 12.1 Å². The Morgan fingerprint density at radius 2 is 1.35 bits per heavy atom. The molecule has 134 valence electrons. The second-order valence-electron chi connectivity index (χ2n) is 6.74. The van der Waals surface area contributed by atoms with Crippen molar-refractivity contribution in [3.8, 4) is 5.75 Å². The summed E-state index contributed by atoms with van der Waals surface area (Å²) < 4.78 is 20.6. The lowest BCUT2D eigenvalue weighted by molar-refractivity contribution is 0.0993. The Hall–Kier alpha value is -2.26. The van der Waals surface area contributed by atoms with Crippen LogP contribution in [0.15, 0.2) is 93.5 Å². The van der Waals surface area contributed by atoms with Gasteiger partial charge in [-0.3, -0.25) is 0 Å². The molecule has 0 unspecified atom stereocenters. The Balaban J connectivity index is 2.02. The van der Waals surface area contributed by atoms with E-state index in [0.717, 1.165) is 11.3 Å². The van der Waals surface area contributed by atoms with Gasteiger partial charge in [-0.25, -0.2) is 4.39 Å². The molecule has 0 saturated carbocycles. The first kappa shape index (κ1) is 18.5. The van der Waals surface area contributed by atoms with Crippen molar-refractivity contribution in [2.24, 2.45) is 0 Å². The fourth-order valence-corrected chi connectivity index (χ4v) is 4.68. The summed E-state index contributed by atoms with van der Waals surface area (Å²) in [5.74, 6) is -0.00124. The molecule has 3 aromatic carbocycles. The third-order valence-corrected chi connectivity index (χ3v) is 6.55. The maximum absolute atomic E-state index is 14.8. The maximum Gasteiger partial charge on any atom is 0.170 e. The van der Waals surface area contributed by atoms with Gasteiger partial charge in [-0.05, 0) is 56.7 Å². The van der Waals surface area contributed by atoms with Crippen LogP contribution in [0.2, 0.25) is 0 Å². The molecule has 0 N–H and O–H groups in total. The average Bonchev–Trinajstić information content (AvgIpc) is 2.66. The normalized spacial score (nSPS) is 11.6. The van der Waals surface area contributed by atoms with Gasteiger partial charge in [0.15, 0.2) is 26.3 Å². The summed E-state index contributed by atoms with van der Waals surface area (Å²) in [6.45, 7) is 5.98. The van der Waals surface area contributed by atoms with Crippen molar-refractivity contribution in [3.63, 3.8) is 0 Å². The summed E-state index contributed by atoms with van der Waals surface area (Å²) in [5, 5.41) is 0. The van der Waals surface area contributed by atoms with Gasteiger partial charge in [0, 0.05) is 6.07 Å². The molecule has 3 heteroatoms. The Morgan fingerprint density at radius 3 is 1.81 bits per heavy atom. The zero-order valence-electron chi connectivity index (χ0n) is 15.4. The topological polar surface area (TPSA) is 9.23 Å². The second-order valence-corrected chi connectivity index (χ2v) is 8.77. The highest BCUT2D eigenvalue weighted by Crippen LogP contribution is 2.34. The van der Waals surface area contributed by atoms with Gasteiger partial charge in [-0.1, -0.05) is 43.3 Å². The molecule has 0 aliphatic rings. The summed E-state index contributed by atoms with van der Waals surface area (Å²) in [6, 6.07) is 25.8. The molecule has 0 saturated heterocycles. The number of benzene rings is 3. The zero-order chi connectivity index (χ0) is 18.6. The van der Waals surface area contributed by atoms with Crippen molar-refractivity contribution in [1.29, 1.82) is 0 Å². The van der Waals surface area contributed by atoms with Crippen LogP contribution in [0.25, 0.3) is 0 Å². The number of halogens is 1. The highest BCUT2D eigenvalue weighted by Gasteiger charge is 2.30. The van der Waals surface area contributed by atoms with E-state index < -0.39 is 0 Å². The molecule has 0 atom stereocenters. The van der Waals surface area contributed by atoms with Gasteiger partial charge in [0.05, 0.1) is 10.9 Å². The number of hydrogen-bond donors (Lipinski definition) is 0. The van der Waals surface area contributed by atoms with Crippen LogP contribution in [-0.4, -0.2) is 5.60 Å². The predicted octanol–water partition coefficient (Wildman–Crippen LogP) is 6.49. The van der Waals surface area contributed by atoms with Crippen LogP contribution in [-0.2, 0) is 10.9 Å². The molecule has 0 spiro atoms. The zero-order valence-corrected chi connectivity index (χ0v) is 16.2. The summed E-state index contributed by atoms with van der Waals surface area (Å²) >= 11 is 0. The van der Waals surface area contributed by atoms with Gasteiger partial charge < -0.3 is 4.74 Å². The van der Waals surface area contributed by atoms with Crippen molar-refractivity contribution < 1.29 is 9.13 Å². The largest absolute Gasteiger partial charge is 0.485 e. The van der Waals surface area contributed by atoms with Crippen LogP contribution in [0.3, 0.4) is 0 Å². The summed E-state index contributed by atoms with van der Waals surface area (Å²) in [6.07, 6.45) is 0.812. The van der Waals surface area contributed by atoms with Gasteiger partial charge in [-0.15, -0.1) is 0 Å². The van der Waals surface area contributed by atoms with Gasteiger partial charge in [0.25, 0.3) is 0 Å². The molecule has 0 aliphatic carbocycles. The maximum atomic E-state index is 14.8. The quantitative estimate of drug-likeness (QED) is 0.453. The second kappa shape index (κ2) is 7.96. The van der Waals surface area contributed by atoms with Crippen LogP contribution >= 0.6 is 0 Å². The Kier molecular flexibility index (Phi) is 5.67. The lowest BCUT2D eigenvalue weighted by Crippen LogP contribution is -2.27. The molecule has 1 nitrogen and oxygen atoms in total. The third kappa shape index (κ3) is 4.28. The van der Waals surface area contributed by atoms with Crippen LogP contribution in [0.1, 0.15) is 27.2 Å². The van der Waals surface area contributed by atoms with Crippen LogP contribution < -0.4 is 4.74 Å². The Labute approximate surface area is 158 Å². The Morgan fingerprint density at radius 1 is 0.808 bits per heavy atom. The fourth-order valence-electron chi connectivity index (χ4n) is 2.58. The summed E-state index contributed by atoms with van der Waals surface area (Å²) in [5.41, 5.74) is -0.386. The number of ether oxygens (including phenoxy) is 1. The van der Waals surface area contributed by atoms with Crippen molar-refractivity contribution in [3.05, 3.63) is 84.7 Å². The smallest absolute Gasteiger partial charge is 0.170 e. The van der Waals surface area contributed by atoms with E-state index in [2.05, 4.69) is 24.3 Å². The number of rotatable bonds is 6. The summed E-state index contributed by atoms with van der Waals surface area (Å²) in [7, 11) is -0.354. The predicted molar refractivity (Wildman–Crippen MR) is 106 cm³/mol. The standard InChI is InChI=1S/C23H24FOS/c1-4-23(2,3)25-22-16-15-20(17-21(22)24)26(18-11-7-5-8-12-18)19-13-9-6-10-14-19/h5-17H,4H2,1-3H3/q+1. The lowest BCUT2D eigenvalue weighted by atomic mass is 10.1. The minimum atomic E-state index is -0.386. The monoisotopic (exact) mass is 367 g/mol. The molecule has 0 fully saturated rings. The van der Waals surface area contributed by atoms with Crippen molar-refractivity contribution in [1.82, 2.24) is 0 Å². The van der Waals surface area contributed by atoms with Crippen molar-refractivity contribution in [2.45, 2.75) is 47.5 Å². The van der Waals surface area contributed by atoms with E-state index in [9.17, 15) is 4.39 Å². The van der Waals surface area contributed by atoms with Crippen LogP contribution in [0.4, 0.5) is 4.39 Å². The highest BCUT2D eigenvalue weighted by molar-refractivity contribution is 7.97. The van der Waals surface area contributed by atoms with Gasteiger partial charge in [0.2, 0.25) is 0 Å². The first-order chi connectivity index (χ1) is 12.5. The molecule has 0 radical (unpaired) electrons. The molecule has 3 aromatic rings. The molecule has 0 aromatic heterocycles. The van der Waals surface area contributed by atoms with E-state index in [-0.39, 0.29) is 22.3 Å². The Bertz CT molecular complexity index is 807. The van der Waals surface area contributed by atoms with Crippen LogP contribution in [0, 0.1) is 5.82 Å². The molecule has 0 aliphatic heterocycles. The van der Waals surface area contributed by atoms with E-state index in [1.165, 1.54) is 9.79 Å². The molecule has 3 rings (SSSR count). The van der Waals surface area contributed by atoms with Gasteiger partial charge in [0.1, 0.15) is 5.60 Å². The van der Waals surface area contributed by atoms with Gasteiger partial charge in [-0.2, -0.15) is 0 Å². The SMILES string of the molecule is CCC(C)(C)Oc1ccc([S+](c2ccccc2)c2ccccc2)cc1F. The van der Waals surface area contributed by atoms with E-state index >= 15 is 0 Å². The molecule has 26 heavy (non-hydrogen) atoms. The average molecular weight is 368 g/mol. The molecule has 0 heterocycles. The van der Waals surface area contributed by atoms with E-state index in [0.29, 0.717) is 5.75 Å². The molecule has 0 bridgehead atoms. The fraction of sp³-hybridized carbons (Fsp3) is 0.217. The first-order valence-corrected chi connectivity index (χ1v) is 10.1. The van der Waals surface area contributed by atoms with Gasteiger partial charge >= 0.3 is 0 Å². The summed E-state index contributed by atoms with van der Waals surface area (Å²) in [4.78, 5) is 3.28. The molecular weight excluding hydrogens is 343 g/mol. The number of hydrogen-bond acceptors (Lipinski definition) is 1. The first-order valence-electron chi connectivity index (χ1n) is 8.83. The van der Waals surface area contributed by atoms with Crippen molar-refractivity contribution in [2.75, 3.05) is 0 Å². The lowest BCUT2D eigenvalue weighted by Gasteiger charge is -2.25. The van der Waals surface area contributed by atoms with Crippen LogP contribution in [0.5, 0.6) is 5.75 Å². The van der Waals surface area contributed by atoms with E-state index in [1.807, 2.05) is 63.2 Å². The molecular formula is C23H24FOS+. The highest BCUT2D eigenvalue weighted by atomic mass is 32.2. The minimum Gasteiger partial charge on any atom is -0.485 e. The van der Waals surface area contributed by atoms with E-state index in [4.69, 9.17) is 4.74 Å². The third-order valence-electron chi connectivity index (χ3n) is 4.33. The minimum absolute atomic E-state index is 0.310. The molecule has 0 amide bonds.